The molecule has 35 heavy (non-hydrogen) atoms. The van der Waals surface area contributed by atoms with Crippen LogP contribution in [0.2, 0.25) is 0 Å². The number of carbonyl (C=O) groups is 2. The van der Waals surface area contributed by atoms with Gasteiger partial charge in [0.1, 0.15) is 12.4 Å². The number of aromatic nitrogens is 1. The summed E-state index contributed by atoms with van der Waals surface area (Å²) in [7, 11) is 0. The van der Waals surface area contributed by atoms with E-state index in [0.717, 1.165) is 16.7 Å². The minimum atomic E-state index is -0.420. The van der Waals surface area contributed by atoms with E-state index in [2.05, 4.69) is 22.1 Å². The van der Waals surface area contributed by atoms with Gasteiger partial charge in [-0.25, -0.2) is 9.18 Å². The summed E-state index contributed by atoms with van der Waals surface area (Å²) in [6, 6.07) is 15.9. The van der Waals surface area contributed by atoms with Crippen LogP contribution in [0.4, 0.5) is 14.9 Å². The van der Waals surface area contributed by atoms with Gasteiger partial charge in [-0.05, 0) is 54.1 Å². The molecule has 0 unspecified atom stereocenters. The summed E-state index contributed by atoms with van der Waals surface area (Å²) in [4.78, 5) is 32.8. The van der Waals surface area contributed by atoms with Crippen molar-refractivity contribution >= 4 is 17.6 Å². The number of anilines is 1. The van der Waals surface area contributed by atoms with Crippen molar-refractivity contribution in [1.82, 2.24) is 14.8 Å². The average molecular weight is 471 g/mol. The molecule has 0 saturated carbocycles. The first-order valence-electron chi connectivity index (χ1n) is 11.3. The van der Waals surface area contributed by atoms with Crippen LogP contribution in [0.1, 0.15) is 22.6 Å². The molecule has 2 fully saturated rings. The Kier molecular flexibility index (Phi) is 6.17. The maximum Gasteiger partial charge on any atom is 0.322 e. The van der Waals surface area contributed by atoms with E-state index in [1.807, 2.05) is 36.4 Å². The van der Waals surface area contributed by atoms with Crippen molar-refractivity contribution in [3.05, 3.63) is 95.6 Å². The van der Waals surface area contributed by atoms with E-state index < -0.39 is 11.8 Å². The molecule has 3 aromatic rings. The summed E-state index contributed by atoms with van der Waals surface area (Å²) in [5.41, 5.74) is 3.10. The Morgan fingerprint density at radius 2 is 1.83 bits per heavy atom. The number of fused-ring (bicyclic) bond motifs is 1. The summed E-state index contributed by atoms with van der Waals surface area (Å²) < 4.78 is 13.1. The van der Waals surface area contributed by atoms with Gasteiger partial charge >= 0.3 is 6.03 Å². The Morgan fingerprint density at radius 1 is 1.09 bits per heavy atom. The lowest BCUT2D eigenvalue weighted by molar-refractivity contribution is -0.159. The number of halogens is 1. The third-order valence-corrected chi connectivity index (χ3v) is 6.44. The molecule has 5 rings (SSSR count). The molecule has 1 aromatic heterocycles. The van der Waals surface area contributed by atoms with Gasteiger partial charge < -0.3 is 20.2 Å². The van der Waals surface area contributed by atoms with Gasteiger partial charge in [0.15, 0.2) is 0 Å². The highest BCUT2D eigenvalue weighted by Crippen LogP contribution is 2.43. The maximum absolute atomic E-state index is 13.1. The molecule has 7 nitrogen and oxygen atoms in total. The summed E-state index contributed by atoms with van der Waals surface area (Å²) in [6.07, 6.45) is 3.40. The summed E-state index contributed by atoms with van der Waals surface area (Å²) in [6.45, 7) is 0.107. The van der Waals surface area contributed by atoms with Crippen molar-refractivity contribution in [1.29, 1.82) is 0 Å². The first kappa shape index (κ1) is 22.6. The van der Waals surface area contributed by atoms with E-state index in [4.69, 9.17) is 0 Å². The van der Waals surface area contributed by atoms with Crippen LogP contribution in [0.15, 0.2) is 73.1 Å². The van der Waals surface area contributed by atoms with Crippen LogP contribution < -0.4 is 5.32 Å². The minimum absolute atomic E-state index is 0.0738. The predicted molar refractivity (Wildman–Crippen MR) is 128 cm³/mol. The highest BCUT2D eigenvalue weighted by molar-refractivity contribution is 5.93. The Hall–Kier alpha value is -4.22. The van der Waals surface area contributed by atoms with E-state index >= 15 is 0 Å². The van der Waals surface area contributed by atoms with E-state index in [1.54, 1.807) is 17.3 Å². The number of urea groups is 1. The number of aliphatic hydroxyl groups is 1. The standard InChI is InChI=1S/C27H23FN4O3/c28-21-9-11-22(12-10-21)30-27(35)31-15-23-26(24(17-33)32(23)25(34)16-31)20-7-5-18(6-8-20)3-4-19-2-1-13-29-14-19/h1-2,5-14,23-24,26,33H,15-17H2,(H,30,35)/t23-,24-,26+/m1/s1. The third kappa shape index (κ3) is 4.59. The normalized spacial score (nSPS) is 20.9. The molecule has 3 heterocycles. The van der Waals surface area contributed by atoms with Crippen LogP contribution in [0, 0.1) is 17.7 Å². The van der Waals surface area contributed by atoms with Gasteiger partial charge in [0.25, 0.3) is 0 Å². The molecule has 2 aromatic carbocycles. The maximum atomic E-state index is 13.1. The zero-order valence-corrected chi connectivity index (χ0v) is 18.8. The van der Waals surface area contributed by atoms with Gasteiger partial charge in [-0.1, -0.05) is 24.0 Å². The smallest absolute Gasteiger partial charge is 0.322 e. The van der Waals surface area contributed by atoms with Crippen molar-refractivity contribution < 1.29 is 19.1 Å². The summed E-state index contributed by atoms with van der Waals surface area (Å²) in [5.74, 6) is 5.48. The minimum Gasteiger partial charge on any atom is -0.394 e. The number of rotatable bonds is 3. The van der Waals surface area contributed by atoms with Gasteiger partial charge in [0.2, 0.25) is 5.91 Å². The average Bonchev–Trinajstić information content (AvgIpc) is 2.86. The molecule has 3 atom stereocenters. The van der Waals surface area contributed by atoms with Crippen LogP contribution >= 0.6 is 0 Å². The zero-order valence-electron chi connectivity index (χ0n) is 18.8. The number of carbonyl (C=O) groups excluding carboxylic acids is 2. The SMILES string of the molecule is O=C(Nc1ccc(F)cc1)N1CC(=O)N2[C@H](CO)[C@@H](c3ccc(C#Cc4cccnc4)cc3)[C@H]2C1. The lowest BCUT2D eigenvalue weighted by atomic mass is 9.73. The van der Waals surface area contributed by atoms with Crippen LogP contribution in [-0.2, 0) is 4.79 Å². The molecule has 0 radical (unpaired) electrons. The fourth-order valence-corrected chi connectivity index (χ4v) is 4.76. The molecule has 0 bridgehead atoms. The zero-order chi connectivity index (χ0) is 24.4. The van der Waals surface area contributed by atoms with E-state index in [-0.39, 0.29) is 37.1 Å². The second-order valence-electron chi connectivity index (χ2n) is 8.58. The Bertz CT molecular complexity index is 1290. The van der Waals surface area contributed by atoms with E-state index in [9.17, 15) is 19.1 Å². The molecular formula is C27H23FN4O3. The largest absolute Gasteiger partial charge is 0.394 e. The Morgan fingerprint density at radius 3 is 2.51 bits per heavy atom. The van der Waals surface area contributed by atoms with Gasteiger partial charge in [-0.3, -0.25) is 9.78 Å². The van der Waals surface area contributed by atoms with Gasteiger partial charge in [-0.2, -0.15) is 0 Å². The second kappa shape index (κ2) is 9.57. The van der Waals surface area contributed by atoms with Gasteiger partial charge in [0, 0.05) is 41.7 Å². The number of nitrogens with one attached hydrogen (secondary N) is 1. The van der Waals surface area contributed by atoms with Gasteiger partial charge in [0.05, 0.1) is 18.7 Å². The lowest BCUT2D eigenvalue weighted by Crippen LogP contribution is -2.73. The number of aliphatic hydroxyl groups excluding tert-OH is 1. The number of piperazine rings is 1. The first-order chi connectivity index (χ1) is 17.0. The highest BCUT2D eigenvalue weighted by atomic mass is 19.1. The molecule has 2 aliphatic heterocycles. The second-order valence-corrected chi connectivity index (χ2v) is 8.58. The lowest BCUT2D eigenvalue weighted by Gasteiger charge is -2.58. The van der Waals surface area contributed by atoms with Crippen molar-refractivity contribution in [2.45, 2.75) is 18.0 Å². The number of hydrogen-bond acceptors (Lipinski definition) is 4. The molecule has 8 heteroatoms. The van der Waals surface area contributed by atoms with Crippen molar-refractivity contribution in [3.63, 3.8) is 0 Å². The quantitative estimate of drug-likeness (QED) is 0.577. The van der Waals surface area contributed by atoms with Crippen LogP contribution in [-0.4, -0.2) is 63.6 Å². The molecule has 3 amide bonds. The molecule has 2 saturated heterocycles. The van der Waals surface area contributed by atoms with E-state index in [1.165, 1.54) is 29.2 Å². The predicted octanol–water partition coefficient (Wildman–Crippen LogP) is 2.82. The summed E-state index contributed by atoms with van der Waals surface area (Å²) >= 11 is 0. The van der Waals surface area contributed by atoms with Crippen molar-refractivity contribution in [3.8, 4) is 11.8 Å². The van der Waals surface area contributed by atoms with Crippen LogP contribution in [0.25, 0.3) is 0 Å². The molecular weight excluding hydrogens is 447 g/mol. The molecule has 0 spiro atoms. The first-order valence-corrected chi connectivity index (χ1v) is 11.3. The van der Waals surface area contributed by atoms with Crippen LogP contribution in [0.3, 0.4) is 0 Å². The van der Waals surface area contributed by atoms with Crippen molar-refractivity contribution in [2.24, 2.45) is 0 Å². The Labute approximate surface area is 202 Å². The van der Waals surface area contributed by atoms with Crippen molar-refractivity contribution in [2.75, 3.05) is 25.0 Å². The molecule has 2 N–H and O–H groups in total. The van der Waals surface area contributed by atoms with E-state index in [0.29, 0.717) is 12.2 Å². The molecule has 0 aliphatic carbocycles. The van der Waals surface area contributed by atoms with Crippen LogP contribution in [0.5, 0.6) is 0 Å². The fraction of sp³-hybridized carbons (Fsp3) is 0.222. The number of benzene rings is 2. The Balaban J connectivity index is 1.30. The van der Waals surface area contributed by atoms with Gasteiger partial charge in [-0.15, -0.1) is 0 Å². The fourth-order valence-electron chi connectivity index (χ4n) is 4.76. The highest BCUT2D eigenvalue weighted by Gasteiger charge is 2.54. The monoisotopic (exact) mass is 470 g/mol. The number of hydrogen-bond donors (Lipinski definition) is 2. The third-order valence-electron chi connectivity index (χ3n) is 6.44. The number of nitrogens with zero attached hydrogens (tertiary/aromatic N) is 3. The molecule has 176 valence electrons. The molecule has 2 aliphatic rings. The summed E-state index contributed by atoms with van der Waals surface area (Å²) in [5, 5.41) is 12.7. The topological polar surface area (TPSA) is 85.8 Å². The number of amides is 3. The number of pyridine rings is 1.